The minimum atomic E-state index is -0.359. The van der Waals surface area contributed by atoms with Gasteiger partial charge in [-0.05, 0) is 59.9 Å². The van der Waals surface area contributed by atoms with Crippen LogP contribution in [0.4, 0.5) is 4.39 Å². The summed E-state index contributed by atoms with van der Waals surface area (Å²) in [5, 5.41) is 12.9. The normalized spacial score (nSPS) is 13.8. The van der Waals surface area contributed by atoms with E-state index in [9.17, 15) is 9.18 Å². The van der Waals surface area contributed by atoms with Crippen molar-refractivity contribution in [1.29, 1.82) is 0 Å². The van der Waals surface area contributed by atoms with E-state index in [-0.39, 0.29) is 11.4 Å². The molecule has 0 aliphatic heterocycles. The second kappa shape index (κ2) is 7.10. The highest BCUT2D eigenvalue weighted by molar-refractivity contribution is 7.98. The van der Waals surface area contributed by atoms with Crippen LogP contribution >= 0.6 is 23.1 Å². The summed E-state index contributed by atoms with van der Waals surface area (Å²) in [5.74, 6) is 0.626. The van der Waals surface area contributed by atoms with Gasteiger partial charge in [0.05, 0.1) is 16.8 Å². The number of H-pyrrole nitrogens is 1. The van der Waals surface area contributed by atoms with Gasteiger partial charge in [-0.1, -0.05) is 17.8 Å². The van der Waals surface area contributed by atoms with Crippen LogP contribution in [-0.4, -0.2) is 30.2 Å². The van der Waals surface area contributed by atoms with Gasteiger partial charge in [0.25, 0.3) is 5.56 Å². The Bertz CT molecular complexity index is 1230. The quantitative estimate of drug-likeness (QED) is 0.516. The Kier molecular flexibility index (Phi) is 4.44. The van der Waals surface area contributed by atoms with Gasteiger partial charge in [-0.15, -0.1) is 16.4 Å². The molecule has 10 heteroatoms. The molecule has 28 heavy (non-hydrogen) atoms. The van der Waals surface area contributed by atoms with Crippen LogP contribution in [0.1, 0.15) is 29.1 Å². The van der Waals surface area contributed by atoms with Crippen molar-refractivity contribution in [2.24, 2.45) is 0 Å². The predicted octanol–water partition coefficient (Wildman–Crippen LogP) is 3.27. The third-order valence-electron chi connectivity index (χ3n) is 4.71. The Balaban J connectivity index is 1.43. The molecular weight excluding hydrogens is 399 g/mol. The molecule has 7 nitrogen and oxygen atoms in total. The first-order chi connectivity index (χ1) is 13.7. The second-order valence-electron chi connectivity index (χ2n) is 6.55. The van der Waals surface area contributed by atoms with Crippen molar-refractivity contribution < 1.29 is 4.39 Å². The highest BCUT2D eigenvalue weighted by Gasteiger charge is 2.20. The predicted molar refractivity (Wildman–Crippen MR) is 106 cm³/mol. The Morgan fingerprint density at radius 3 is 3.07 bits per heavy atom. The summed E-state index contributed by atoms with van der Waals surface area (Å²) in [4.78, 5) is 22.3. The van der Waals surface area contributed by atoms with Crippen molar-refractivity contribution in [2.45, 2.75) is 36.6 Å². The van der Waals surface area contributed by atoms with Gasteiger partial charge in [0.2, 0.25) is 5.16 Å². The molecule has 3 aromatic heterocycles. The molecule has 3 heterocycles. The fourth-order valence-electron chi connectivity index (χ4n) is 3.45. The van der Waals surface area contributed by atoms with Gasteiger partial charge in [-0.2, -0.15) is 4.68 Å². The third kappa shape index (κ3) is 3.12. The van der Waals surface area contributed by atoms with Crippen LogP contribution < -0.4 is 5.56 Å². The zero-order valence-corrected chi connectivity index (χ0v) is 16.3. The molecule has 142 valence electrons. The van der Waals surface area contributed by atoms with E-state index in [1.165, 1.54) is 45.4 Å². The van der Waals surface area contributed by atoms with Gasteiger partial charge in [-0.25, -0.2) is 9.37 Å². The molecule has 4 aromatic rings. The number of rotatable bonds is 4. The number of thiophene rings is 1. The number of hydrogen-bond donors (Lipinski definition) is 1. The van der Waals surface area contributed by atoms with Crippen LogP contribution in [0.2, 0.25) is 0 Å². The first kappa shape index (κ1) is 17.5. The van der Waals surface area contributed by atoms with Crippen molar-refractivity contribution in [3.8, 4) is 5.69 Å². The van der Waals surface area contributed by atoms with Crippen molar-refractivity contribution in [1.82, 2.24) is 30.2 Å². The Morgan fingerprint density at radius 1 is 1.29 bits per heavy atom. The highest BCUT2D eigenvalue weighted by atomic mass is 32.2. The van der Waals surface area contributed by atoms with Crippen molar-refractivity contribution in [2.75, 3.05) is 0 Å². The third-order valence-corrected chi connectivity index (χ3v) is 6.82. The molecule has 0 bridgehead atoms. The lowest BCUT2D eigenvalue weighted by Gasteiger charge is -2.09. The average molecular weight is 414 g/mol. The van der Waals surface area contributed by atoms with Crippen molar-refractivity contribution >= 4 is 33.3 Å². The Hall–Kier alpha value is -2.59. The van der Waals surface area contributed by atoms with Crippen LogP contribution in [0.3, 0.4) is 0 Å². The van der Waals surface area contributed by atoms with Gasteiger partial charge in [0, 0.05) is 4.88 Å². The number of aromatic nitrogens is 6. The highest BCUT2D eigenvalue weighted by Crippen LogP contribution is 2.33. The minimum absolute atomic E-state index is 0.0790. The number of hydrogen-bond acceptors (Lipinski definition) is 7. The molecule has 0 saturated heterocycles. The standard InChI is InChI=1S/C18H15FN6OS2/c19-10-4-3-5-11(8-10)25-18(22-23-24-25)27-9-14-20-16(26)15-12-6-1-2-7-13(12)28-17(15)21-14/h3-5,8H,1-2,6-7,9H2,(H,20,21,26). The second-order valence-corrected chi connectivity index (χ2v) is 8.57. The van der Waals surface area contributed by atoms with Crippen LogP contribution in [0.5, 0.6) is 0 Å². The lowest BCUT2D eigenvalue weighted by atomic mass is 9.97. The molecule has 1 aliphatic rings. The number of nitrogens with one attached hydrogen (secondary N) is 1. The smallest absolute Gasteiger partial charge is 0.259 e. The average Bonchev–Trinajstić information content (AvgIpc) is 3.30. The molecular formula is C18H15FN6OS2. The molecule has 1 aliphatic carbocycles. The zero-order valence-electron chi connectivity index (χ0n) is 14.7. The number of tetrazole rings is 1. The fourth-order valence-corrected chi connectivity index (χ4v) is 5.49. The molecule has 0 saturated carbocycles. The lowest BCUT2D eigenvalue weighted by molar-refractivity contribution is 0.623. The molecule has 5 rings (SSSR count). The van der Waals surface area contributed by atoms with E-state index in [0.29, 0.717) is 22.4 Å². The lowest BCUT2D eigenvalue weighted by Crippen LogP contribution is -2.12. The summed E-state index contributed by atoms with van der Waals surface area (Å²) in [6, 6.07) is 6.06. The van der Waals surface area contributed by atoms with Crippen LogP contribution in [0, 0.1) is 5.82 Å². The van der Waals surface area contributed by atoms with Gasteiger partial charge < -0.3 is 4.98 Å². The molecule has 0 atom stereocenters. The number of aromatic amines is 1. The molecule has 0 spiro atoms. The van der Waals surface area contributed by atoms with Crippen molar-refractivity contribution in [3.05, 3.63) is 56.7 Å². The fraction of sp³-hybridized carbons (Fsp3) is 0.278. The van der Waals surface area contributed by atoms with Gasteiger partial charge in [0.1, 0.15) is 16.5 Å². The number of halogens is 1. The van der Waals surface area contributed by atoms with Gasteiger partial charge >= 0.3 is 0 Å². The monoisotopic (exact) mass is 414 g/mol. The van der Waals surface area contributed by atoms with E-state index >= 15 is 0 Å². The molecule has 1 aromatic carbocycles. The molecule has 0 fully saturated rings. The number of fused-ring (bicyclic) bond motifs is 3. The first-order valence-corrected chi connectivity index (χ1v) is 10.7. The van der Waals surface area contributed by atoms with Crippen molar-refractivity contribution in [3.63, 3.8) is 0 Å². The number of aryl methyl sites for hydroxylation is 2. The minimum Gasteiger partial charge on any atom is -0.309 e. The van der Waals surface area contributed by atoms with E-state index in [4.69, 9.17) is 0 Å². The molecule has 0 radical (unpaired) electrons. The molecule has 0 unspecified atom stereocenters. The topological polar surface area (TPSA) is 89.4 Å². The zero-order chi connectivity index (χ0) is 19.1. The van der Waals surface area contributed by atoms with E-state index in [1.54, 1.807) is 23.5 Å². The maximum absolute atomic E-state index is 13.5. The van der Waals surface area contributed by atoms with E-state index < -0.39 is 0 Å². The van der Waals surface area contributed by atoms with Gasteiger partial charge in [0.15, 0.2) is 0 Å². The van der Waals surface area contributed by atoms with Crippen LogP contribution in [0.25, 0.3) is 15.9 Å². The first-order valence-electron chi connectivity index (χ1n) is 8.89. The van der Waals surface area contributed by atoms with Crippen LogP contribution in [0.15, 0.2) is 34.2 Å². The summed E-state index contributed by atoms with van der Waals surface area (Å²) >= 11 is 2.96. The Morgan fingerprint density at radius 2 is 2.18 bits per heavy atom. The summed E-state index contributed by atoms with van der Waals surface area (Å²) in [7, 11) is 0. The van der Waals surface area contributed by atoms with E-state index in [2.05, 4.69) is 25.5 Å². The maximum atomic E-state index is 13.5. The number of benzene rings is 1. The number of thioether (sulfide) groups is 1. The van der Waals surface area contributed by atoms with E-state index in [1.807, 2.05) is 0 Å². The van der Waals surface area contributed by atoms with Gasteiger partial charge in [-0.3, -0.25) is 4.79 Å². The van der Waals surface area contributed by atoms with Crippen LogP contribution in [-0.2, 0) is 18.6 Å². The number of nitrogens with zero attached hydrogens (tertiary/aromatic N) is 5. The Labute approximate surface area is 167 Å². The molecule has 0 amide bonds. The summed E-state index contributed by atoms with van der Waals surface area (Å²) in [5.41, 5.74) is 1.63. The summed E-state index contributed by atoms with van der Waals surface area (Å²) in [6.45, 7) is 0. The molecule has 1 N–H and O–H groups in total. The summed E-state index contributed by atoms with van der Waals surface area (Å²) in [6.07, 6.45) is 4.28. The van der Waals surface area contributed by atoms with E-state index in [0.717, 1.165) is 29.5 Å². The summed E-state index contributed by atoms with van der Waals surface area (Å²) < 4.78 is 15.0. The largest absolute Gasteiger partial charge is 0.309 e. The maximum Gasteiger partial charge on any atom is 0.259 e. The SMILES string of the molecule is O=c1[nH]c(CSc2nnnn2-c2cccc(F)c2)nc2sc3c(c12)CCCC3.